The van der Waals surface area contributed by atoms with E-state index in [0.717, 1.165) is 36.5 Å². The van der Waals surface area contributed by atoms with E-state index in [2.05, 4.69) is 20.5 Å². The molecular formula is C21H22ClN5O. The summed E-state index contributed by atoms with van der Waals surface area (Å²) < 4.78 is 0. The van der Waals surface area contributed by atoms with Crippen molar-refractivity contribution in [2.45, 2.75) is 31.7 Å². The van der Waals surface area contributed by atoms with Gasteiger partial charge in [0.2, 0.25) is 5.91 Å². The van der Waals surface area contributed by atoms with Crippen LogP contribution in [0.25, 0.3) is 0 Å². The third-order valence-corrected chi connectivity index (χ3v) is 5.24. The van der Waals surface area contributed by atoms with E-state index in [4.69, 9.17) is 11.6 Å². The number of carbonyl (C=O) groups is 1. The normalized spacial score (nSPS) is 16.3. The van der Waals surface area contributed by atoms with Crippen molar-refractivity contribution in [1.82, 2.24) is 20.1 Å². The average Bonchev–Trinajstić information content (AvgIpc) is 3.37. The van der Waals surface area contributed by atoms with Gasteiger partial charge >= 0.3 is 0 Å². The standard InChI is InChI=1S/C21H22ClN5O/c22-16-9-6-15(7-10-16)8-11-21(28)27-13-3-4-18(27)17-14-20(26-25-17)24-19-5-1-2-12-23-19/h1-2,5-7,9-10,12,14,18H,3-4,8,11,13H2,(H2,23,24,25,26)/t18-/m0/s1. The fraction of sp³-hybridized carbons (Fsp3) is 0.286. The SMILES string of the molecule is O=C(CCc1ccc(Cl)cc1)N1CCC[C@H]1c1cc(Nc2ccccn2)n[nH]1. The number of hydrogen-bond donors (Lipinski definition) is 2. The highest BCUT2D eigenvalue weighted by Gasteiger charge is 2.31. The molecule has 1 amide bonds. The van der Waals surface area contributed by atoms with Crippen LogP contribution in [-0.2, 0) is 11.2 Å². The van der Waals surface area contributed by atoms with Gasteiger partial charge < -0.3 is 10.2 Å². The molecule has 6 nitrogen and oxygen atoms in total. The average molecular weight is 396 g/mol. The van der Waals surface area contributed by atoms with Crippen LogP contribution in [0.2, 0.25) is 5.02 Å². The van der Waals surface area contributed by atoms with E-state index in [9.17, 15) is 4.79 Å². The number of halogens is 1. The van der Waals surface area contributed by atoms with E-state index in [1.165, 1.54) is 0 Å². The number of aryl methyl sites for hydroxylation is 1. The van der Waals surface area contributed by atoms with Gasteiger partial charge in [-0.15, -0.1) is 0 Å². The Kier molecular flexibility index (Phi) is 5.58. The fourth-order valence-corrected chi connectivity index (χ4v) is 3.70. The van der Waals surface area contributed by atoms with E-state index in [1.807, 2.05) is 53.4 Å². The van der Waals surface area contributed by atoms with Gasteiger partial charge in [-0.2, -0.15) is 5.10 Å². The van der Waals surface area contributed by atoms with E-state index < -0.39 is 0 Å². The molecule has 28 heavy (non-hydrogen) atoms. The Morgan fingerprint density at radius 2 is 2.07 bits per heavy atom. The molecule has 1 aliphatic heterocycles. The molecule has 2 N–H and O–H groups in total. The fourth-order valence-electron chi connectivity index (χ4n) is 3.57. The Morgan fingerprint density at radius 1 is 1.21 bits per heavy atom. The van der Waals surface area contributed by atoms with Gasteiger partial charge in [0.05, 0.1) is 11.7 Å². The topological polar surface area (TPSA) is 73.9 Å². The summed E-state index contributed by atoms with van der Waals surface area (Å²) >= 11 is 5.92. The number of nitrogens with zero attached hydrogens (tertiary/aromatic N) is 3. The van der Waals surface area contributed by atoms with Crippen LogP contribution in [0.3, 0.4) is 0 Å². The zero-order valence-corrected chi connectivity index (χ0v) is 16.2. The lowest BCUT2D eigenvalue weighted by Gasteiger charge is -2.23. The van der Waals surface area contributed by atoms with E-state index in [0.29, 0.717) is 23.7 Å². The number of likely N-dealkylation sites (tertiary alicyclic amines) is 1. The van der Waals surface area contributed by atoms with Crippen LogP contribution >= 0.6 is 11.6 Å². The van der Waals surface area contributed by atoms with Crippen molar-refractivity contribution in [3.63, 3.8) is 0 Å². The summed E-state index contributed by atoms with van der Waals surface area (Å²) in [6.07, 6.45) is 4.88. The van der Waals surface area contributed by atoms with Crippen molar-refractivity contribution < 1.29 is 4.79 Å². The number of aromatic amines is 1. The monoisotopic (exact) mass is 395 g/mol. The van der Waals surface area contributed by atoms with Gasteiger partial charge in [0.25, 0.3) is 0 Å². The number of pyridine rings is 1. The van der Waals surface area contributed by atoms with Gasteiger partial charge in [0, 0.05) is 30.3 Å². The van der Waals surface area contributed by atoms with Crippen molar-refractivity contribution in [1.29, 1.82) is 0 Å². The maximum Gasteiger partial charge on any atom is 0.223 e. The van der Waals surface area contributed by atoms with Gasteiger partial charge in [-0.05, 0) is 49.1 Å². The molecule has 1 fully saturated rings. The molecule has 1 aliphatic rings. The number of amides is 1. The molecule has 0 radical (unpaired) electrons. The molecule has 3 heterocycles. The molecule has 3 aromatic rings. The first-order chi connectivity index (χ1) is 13.7. The lowest BCUT2D eigenvalue weighted by molar-refractivity contribution is -0.132. The number of hydrogen-bond acceptors (Lipinski definition) is 4. The van der Waals surface area contributed by atoms with Crippen LogP contribution in [0, 0.1) is 0 Å². The molecular weight excluding hydrogens is 374 g/mol. The van der Waals surface area contributed by atoms with Gasteiger partial charge in [-0.3, -0.25) is 9.89 Å². The summed E-state index contributed by atoms with van der Waals surface area (Å²) in [6.45, 7) is 0.784. The maximum absolute atomic E-state index is 12.8. The molecule has 1 aromatic carbocycles. The van der Waals surface area contributed by atoms with Crippen molar-refractivity contribution in [3.05, 3.63) is 71.0 Å². The number of benzene rings is 1. The number of anilines is 2. The Morgan fingerprint density at radius 3 is 2.86 bits per heavy atom. The zero-order valence-electron chi connectivity index (χ0n) is 15.4. The molecule has 7 heteroatoms. The first kappa shape index (κ1) is 18.5. The zero-order chi connectivity index (χ0) is 19.3. The highest BCUT2D eigenvalue weighted by atomic mass is 35.5. The molecule has 2 aromatic heterocycles. The van der Waals surface area contributed by atoms with Gasteiger partial charge in [-0.25, -0.2) is 4.98 Å². The molecule has 0 unspecified atom stereocenters. The summed E-state index contributed by atoms with van der Waals surface area (Å²) in [6, 6.07) is 15.4. The van der Waals surface area contributed by atoms with Crippen LogP contribution in [0.4, 0.5) is 11.6 Å². The summed E-state index contributed by atoms with van der Waals surface area (Å²) in [5.74, 6) is 1.61. The highest BCUT2D eigenvalue weighted by Crippen LogP contribution is 2.32. The second-order valence-electron chi connectivity index (χ2n) is 6.92. The molecule has 144 valence electrons. The second kappa shape index (κ2) is 8.44. The van der Waals surface area contributed by atoms with Crippen LogP contribution in [0.5, 0.6) is 0 Å². The largest absolute Gasteiger partial charge is 0.334 e. The number of H-pyrrole nitrogens is 1. The predicted octanol–water partition coefficient (Wildman–Crippen LogP) is 4.50. The van der Waals surface area contributed by atoms with Crippen molar-refractivity contribution >= 4 is 29.1 Å². The lowest BCUT2D eigenvalue weighted by atomic mass is 10.1. The third-order valence-electron chi connectivity index (χ3n) is 4.99. The van der Waals surface area contributed by atoms with Gasteiger partial charge in [-0.1, -0.05) is 29.8 Å². The third kappa shape index (κ3) is 4.34. The molecule has 4 rings (SSSR count). The minimum atomic E-state index is 0.0458. The van der Waals surface area contributed by atoms with Crippen molar-refractivity contribution in [2.24, 2.45) is 0 Å². The summed E-state index contributed by atoms with van der Waals surface area (Å²) in [5.41, 5.74) is 2.08. The number of rotatable bonds is 6. The Balaban J connectivity index is 1.39. The molecule has 1 atom stereocenters. The number of carbonyl (C=O) groups excluding carboxylic acids is 1. The van der Waals surface area contributed by atoms with Gasteiger partial charge in [0.1, 0.15) is 5.82 Å². The Labute approximate surface area is 168 Å². The first-order valence-corrected chi connectivity index (χ1v) is 9.84. The van der Waals surface area contributed by atoms with Crippen molar-refractivity contribution in [3.8, 4) is 0 Å². The quantitative estimate of drug-likeness (QED) is 0.644. The van der Waals surface area contributed by atoms with Crippen LogP contribution in [0.1, 0.15) is 36.6 Å². The minimum absolute atomic E-state index is 0.0458. The Bertz CT molecular complexity index is 925. The van der Waals surface area contributed by atoms with E-state index in [-0.39, 0.29) is 11.9 Å². The number of aromatic nitrogens is 3. The van der Waals surface area contributed by atoms with Gasteiger partial charge in [0.15, 0.2) is 5.82 Å². The van der Waals surface area contributed by atoms with Crippen LogP contribution < -0.4 is 5.32 Å². The summed E-state index contributed by atoms with van der Waals surface area (Å²) in [7, 11) is 0. The molecule has 0 bridgehead atoms. The summed E-state index contributed by atoms with van der Waals surface area (Å²) in [5, 5.41) is 11.3. The van der Waals surface area contributed by atoms with E-state index >= 15 is 0 Å². The molecule has 0 saturated carbocycles. The molecule has 1 saturated heterocycles. The molecule has 0 aliphatic carbocycles. The second-order valence-corrected chi connectivity index (χ2v) is 7.36. The predicted molar refractivity (Wildman–Crippen MR) is 110 cm³/mol. The minimum Gasteiger partial charge on any atom is -0.334 e. The van der Waals surface area contributed by atoms with Crippen LogP contribution in [-0.4, -0.2) is 32.5 Å². The highest BCUT2D eigenvalue weighted by molar-refractivity contribution is 6.30. The molecule has 0 spiro atoms. The maximum atomic E-state index is 12.8. The summed E-state index contributed by atoms with van der Waals surface area (Å²) in [4.78, 5) is 19.0. The first-order valence-electron chi connectivity index (χ1n) is 9.46. The van der Waals surface area contributed by atoms with Crippen LogP contribution in [0.15, 0.2) is 54.7 Å². The van der Waals surface area contributed by atoms with Crippen molar-refractivity contribution in [2.75, 3.05) is 11.9 Å². The van der Waals surface area contributed by atoms with E-state index in [1.54, 1.807) is 6.20 Å². The smallest absolute Gasteiger partial charge is 0.223 e. The lowest BCUT2D eigenvalue weighted by Crippen LogP contribution is -2.30. The Hall–Kier alpha value is -2.86. The number of nitrogens with one attached hydrogen (secondary N) is 2.